The molecule has 2 rings (SSSR count). The molecule has 1 amide bonds. The average Bonchev–Trinajstić information content (AvgIpc) is 2.68. The van der Waals surface area contributed by atoms with Gasteiger partial charge in [-0.2, -0.15) is 0 Å². The van der Waals surface area contributed by atoms with Crippen LogP contribution in [0.5, 0.6) is 0 Å². The molecule has 1 aromatic rings. The summed E-state index contributed by atoms with van der Waals surface area (Å²) in [6.07, 6.45) is 3.19. The van der Waals surface area contributed by atoms with Crippen LogP contribution in [-0.2, 0) is 4.79 Å². The maximum absolute atomic E-state index is 11.9. The topological polar surface area (TPSA) is 29.1 Å². The van der Waals surface area contributed by atoms with Crippen LogP contribution < -0.4 is 5.32 Å². The molecule has 1 N–H and O–H groups in total. The summed E-state index contributed by atoms with van der Waals surface area (Å²) >= 11 is 5.78. The van der Waals surface area contributed by atoms with Gasteiger partial charge in [0.25, 0.3) is 0 Å². The molecule has 0 bridgehead atoms. The lowest BCUT2D eigenvalue weighted by Gasteiger charge is -2.10. The average molecular weight is 238 g/mol. The number of halogens is 1. The van der Waals surface area contributed by atoms with Crippen molar-refractivity contribution in [2.45, 2.75) is 26.2 Å². The van der Waals surface area contributed by atoms with Crippen molar-refractivity contribution in [3.8, 4) is 0 Å². The highest BCUT2D eigenvalue weighted by molar-refractivity contribution is 6.30. The van der Waals surface area contributed by atoms with Gasteiger partial charge in [-0.05, 0) is 49.4 Å². The summed E-state index contributed by atoms with van der Waals surface area (Å²) in [4.78, 5) is 11.9. The fourth-order valence-corrected chi connectivity index (χ4v) is 2.35. The van der Waals surface area contributed by atoms with Gasteiger partial charge in [-0.3, -0.25) is 4.79 Å². The number of nitrogens with one attached hydrogen (secondary N) is 1. The highest BCUT2D eigenvalue weighted by atomic mass is 35.5. The number of hydrogen-bond donors (Lipinski definition) is 1. The Morgan fingerprint density at radius 2 is 2.00 bits per heavy atom. The summed E-state index contributed by atoms with van der Waals surface area (Å²) < 4.78 is 0. The van der Waals surface area contributed by atoms with E-state index in [2.05, 4.69) is 12.2 Å². The first kappa shape index (κ1) is 11.5. The summed E-state index contributed by atoms with van der Waals surface area (Å²) in [7, 11) is 0. The molecule has 86 valence electrons. The van der Waals surface area contributed by atoms with Gasteiger partial charge in [-0.1, -0.05) is 18.5 Å². The Morgan fingerprint density at radius 1 is 1.31 bits per heavy atom. The van der Waals surface area contributed by atoms with Gasteiger partial charge in [-0.15, -0.1) is 0 Å². The van der Waals surface area contributed by atoms with Gasteiger partial charge >= 0.3 is 0 Å². The number of rotatable bonds is 2. The van der Waals surface area contributed by atoms with Crippen molar-refractivity contribution in [1.29, 1.82) is 0 Å². The lowest BCUT2D eigenvalue weighted by atomic mass is 10.1. The predicted octanol–water partition coefficient (Wildman–Crippen LogP) is 3.71. The summed E-state index contributed by atoms with van der Waals surface area (Å²) in [5, 5.41) is 3.62. The van der Waals surface area contributed by atoms with E-state index in [1.165, 1.54) is 6.42 Å². The molecule has 3 heteroatoms. The van der Waals surface area contributed by atoms with Gasteiger partial charge in [0, 0.05) is 16.6 Å². The molecule has 2 atom stereocenters. The third-order valence-electron chi connectivity index (χ3n) is 3.18. The first-order chi connectivity index (χ1) is 7.65. The van der Waals surface area contributed by atoms with Crippen LogP contribution in [0.25, 0.3) is 0 Å². The van der Waals surface area contributed by atoms with E-state index in [4.69, 9.17) is 11.6 Å². The molecule has 1 aliphatic carbocycles. The maximum Gasteiger partial charge on any atom is 0.227 e. The molecule has 1 unspecified atom stereocenters. The molecule has 0 spiro atoms. The lowest BCUT2D eigenvalue weighted by Crippen LogP contribution is -2.20. The van der Waals surface area contributed by atoms with Gasteiger partial charge in [0.15, 0.2) is 0 Å². The van der Waals surface area contributed by atoms with Gasteiger partial charge in [0.05, 0.1) is 0 Å². The lowest BCUT2D eigenvalue weighted by molar-refractivity contribution is -0.119. The Morgan fingerprint density at radius 3 is 2.56 bits per heavy atom. The molecule has 1 saturated carbocycles. The maximum atomic E-state index is 11.9. The van der Waals surface area contributed by atoms with Crippen molar-refractivity contribution in [3.05, 3.63) is 29.3 Å². The van der Waals surface area contributed by atoms with Crippen LogP contribution in [0.2, 0.25) is 5.02 Å². The van der Waals surface area contributed by atoms with E-state index in [0.717, 1.165) is 18.5 Å². The van der Waals surface area contributed by atoms with E-state index in [0.29, 0.717) is 10.9 Å². The van der Waals surface area contributed by atoms with Crippen LogP contribution in [0, 0.1) is 11.8 Å². The Hall–Kier alpha value is -1.02. The van der Waals surface area contributed by atoms with Crippen LogP contribution >= 0.6 is 11.6 Å². The first-order valence-corrected chi connectivity index (χ1v) is 6.09. The van der Waals surface area contributed by atoms with Crippen molar-refractivity contribution in [3.63, 3.8) is 0 Å². The van der Waals surface area contributed by atoms with Crippen LogP contribution in [-0.4, -0.2) is 5.91 Å². The summed E-state index contributed by atoms with van der Waals surface area (Å²) in [5.74, 6) is 1.01. The number of amides is 1. The molecule has 1 aromatic carbocycles. The molecule has 0 saturated heterocycles. The molecule has 2 nitrogen and oxygen atoms in total. The smallest absolute Gasteiger partial charge is 0.227 e. The van der Waals surface area contributed by atoms with Gasteiger partial charge < -0.3 is 5.32 Å². The number of carbonyl (C=O) groups excluding carboxylic acids is 1. The van der Waals surface area contributed by atoms with Crippen LogP contribution in [0.15, 0.2) is 24.3 Å². The van der Waals surface area contributed by atoms with Gasteiger partial charge in [-0.25, -0.2) is 0 Å². The van der Waals surface area contributed by atoms with Crippen LogP contribution in [0.3, 0.4) is 0 Å². The minimum absolute atomic E-state index is 0.145. The minimum Gasteiger partial charge on any atom is -0.326 e. The van der Waals surface area contributed by atoms with Crippen molar-refractivity contribution >= 4 is 23.2 Å². The zero-order valence-corrected chi connectivity index (χ0v) is 10.1. The van der Waals surface area contributed by atoms with E-state index in [1.54, 1.807) is 12.1 Å². The second kappa shape index (κ2) is 4.88. The molecule has 0 radical (unpaired) electrons. The van der Waals surface area contributed by atoms with E-state index < -0.39 is 0 Å². The number of hydrogen-bond acceptors (Lipinski definition) is 1. The molecule has 0 heterocycles. The van der Waals surface area contributed by atoms with Crippen molar-refractivity contribution in [1.82, 2.24) is 0 Å². The van der Waals surface area contributed by atoms with Crippen LogP contribution in [0.4, 0.5) is 5.69 Å². The summed E-state index contributed by atoms with van der Waals surface area (Å²) in [6.45, 7) is 2.20. The normalized spacial score (nSPS) is 24.4. The van der Waals surface area contributed by atoms with Crippen molar-refractivity contribution in [2.24, 2.45) is 11.8 Å². The highest BCUT2D eigenvalue weighted by Gasteiger charge is 2.27. The van der Waals surface area contributed by atoms with Crippen LogP contribution in [0.1, 0.15) is 26.2 Å². The van der Waals surface area contributed by atoms with E-state index >= 15 is 0 Å². The Kier molecular flexibility index (Phi) is 3.49. The Bertz CT molecular complexity index is 374. The molecular weight excluding hydrogens is 222 g/mol. The quantitative estimate of drug-likeness (QED) is 0.835. The third-order valence-corrected chi connectivity index (χ3v) is 3.43. The predicted molar refractivity (Wildman–Crippen MR) is 66.6 cm³/mol. The largest absolute Gasteiger partial charge is 0.326 e. The molecule has 0 aliphatic heterocycles. The second-order valence-electron chi connectivity index (χ2n) is 4.61. The number of carbonyl (C=O) groups is 1. The standard InChI is InChI=1S/C13H16ClNO/c1-9-2-3-10(8-9)13(16)15-12-6-4-11(14)5-7-12/h4-7,9-10H,2-3,8H2,1H3,(H,15,16)/t9?,10-/m1/s1. The SMILES string of the molecule is CC1CC[C@@H](C(=O)Nc2ccc(Cl)cc2)C1. The van der Waals surface area contributed by atoms with E-state index in [9.17, 15) is 4.79 Å². The molecule has 16 heavy (non-hydrogen) atoms. The molecule has 1 aliphatic rings. The van der Waals surface area contributed by atoms with Crippen molar-refractivity contribution in [2.75, 3.05) is 5.32 Å². The molecular formula is C13H16ClNO. The van der Waals surface area contributed by atoms with E-state index in [-0.39, 0.29) is 11.8 Å². The fraction of sp³-hybridized carbons (Fsp3) is 0.462. The number of benzene rings is 1. The monoisotopic (exact) mass is 237 g/mol. The van der Waals surface area contributed by atoms with Crippen molar-refractivity contribution < 1.29 is 4.79 Å². The first-order valence-electron chi connectivity index (χ1n) is 5.71. The third kappa shape index (κ3) is 2.76. The van der Waals surface area contributed by atoms with Gasteiger partial charge in [0.1, 0.15) is 0 Å². The fourth-order valence-electron chi connectivity index (χ4n) is 2.22. The van der Waals surface area contributed by atoms with Gasteiger partial charge in [0.2, 0.25) is 5.91 Å². The van der Waals surface area contributed by atoms with E-state index in [1.807, 2.05) is 12.1 Å². The highest BCUT2D eigenvalue weighted by Crippen LogP contribution is 2.31. The zero-order chi connectivity index (χ0) is 11.5. The Labute approximate surface area is 101 Å². The summed E-state index contributed by atoms with van der Waals surface area (Å²) in [5.41, 5.74) is 0.828. The Balaban J connectivity index is 1.94. The minimum atomic E-state index is 0.145. The molecule has 1 fully saturated rings. The molecule has 0 aromatic heterocycles. The summed E-state index contributed by atoms with van der Waals surface area (Å²) in [6, 6.07) is 7.24. The zero-order valence-electron chi connectivity index (χ0n) is 9.37. The number of anilines is 1. The second-order valence-corrected chi connectivity index (χ2v) is 5.05.